The van der Waals surface area contributed by atoms with E-state index >= 15 is 0 Å². The van der Waals surface area contributed by atoms with Gasteiger partial charge in [-0.05, 0) is 65.0 Å². The molecule has 2 atom stereocenters. The van der Waals surface area contributed by atoms with Crippen molar-refractivity contribution in [2.45, 2.75) is 83.3 Å². The molecule has 0 amide bonds. The van der Waals surface area contributed by atoms with Gasteiger partial charge in [-0.1, -0.05) is 20.3 Å². The lowest BCUT2D eigenvalue weighted by Crippen LogP contribution is -2.54. The summed E-state index contributed by atoms with van der Waals surface area (Å²) in [6.45, 7) is 11.9. The second-order valence-corrected chi connectivity index (χ2v) is 7.89. The van der Waals surface area contributed by atoms with E-state index in [0.717, 1.165) is 6.42 Å². The lowest BCUT2D eigenvalue weighted by atomic mass is 9.84. The lowest BCUT2D eigenvalue weighted by molar-refractivity contribution is 0.0938. The highest BCUT2D eigenvalue weighted by Crippen LogP contribution is 2.39. The second-order valence-electron chi connectivity index (χ2n) is 7.89. The van der Waals surface area contributed by atoms with E-state index in [0.29, 0.717) is 24.1 Å². The number of hydrogen-bond acceptors (Lipinski definition) is 3. The van der Waals surface area contributed by atoms with Crippen LogP contribution in [0.1, 0.15) is 66.2 Å². The Kier molecular flexibility index (Phi) is 5.14. The minimum atomic E-state index is -0.0158. The van der Waals surface area contributed by atoms with E-state index in [-0.39, 0.29) is 5.54 Å². The number of rotatable bonds is 6. The average molecular weight is 282 g/mol. The van der Waals surface area contributed by atoms with Crippen LogP contribution in [-0.2, 0) is 0 Å². The lowest BCUT2D eigenvalue weighted by Gasteiger charge is -2.39. The Balaban J connectivity index is 1.93. The van der Waals surface area contributed by atoms with Gasteiger partial charge in [-0.2, -0.15) is 0 Å². The van der Waals surface area contributed by atoms with Crippen LogP contribution in [0.2, 0.25) is 0 Å². The first-order valence-corrected chi connectivity index (χ1v) is 8.53. The summed E-state index contributed by atoms with van der Waals surface area (Å²) in [6.07, 6.45) is 7.56. The highest BCUT2D eigenvalue weighted by atomic mass is 16.3. The van der Waals surface area contributed by atoms with Crippen LogP contribution in [0.25, 0.3) is 0 Å². The van der Waals surface area contributed by atoms with E-state index in [1.165, 1.54) is 45.2 Å². The van der Waals surface area contributed by atoms with Crippen molar-refractivity contribution in [3.63, 3.8) is 0 Å². The van der Waals surface area contributed by atoms with Gasteiger partial charge in [0.1, 0.15) is 0 Å². The second kappa shape index (κ2) is 6.33. The number of likely N-dealkylation sites (tertiary alicyclic amines) is 1. The maximum atomic E-state index is 9.95. The van der Waals surface area contributed by atoms with Gasteiger partial charge in [0.2, 0.25) is 0 Å². The maximum Gasteiger partial charge on any atom is 0.0616 e. The average Bonchev–Trinajstić information content (AvgIpc) is 2.90. The smallest absolute Gasteiger partial charge is 0.0616 e. The highest BCUT2D eigenvalue weighted by Gasteiger charge is 2.43. The van der Waals surface area contributed by atoms with Gasteiger partial charge >= 0.3 is 0 Å². The Morgan fingerprint density at radius 1 is 1.25 bits per heavy atom. The minimum absolute atomic E-state index is 0.0158. The molecule has 118 valence electrons. The molecule has 2 fully saturated rings. The number of nitrogens with zero attached hydrogens (tertiary/aromatic N) is 1. The van der Waals surface area contributed by atoms with E-state index in [1.54, 1.807) is 0 Å². The van der Waals surface area contributed by atoms with Crippen molar-refractivity contribution in [2.75, 3.05) is 19.7 Å². The zero-order valence-electron chi connectivity index (χ0n) is 13.9. The Morgan fingerprint density at radius 3 is 2.55 bits per heavy atom. The molecule has 1 saturated carbocycles. The molecular formula is C17H34N2O. The normalized spacial score (nSPS) is 34.2. The summed E-state index contributed by atoms with van der Waals surface area (Å²) >= 11 is 0. The van der Waals surface area contributed by atoms with E-state index in [1.807, 2.05) is 0 Å². The van der Waals surface area contributed by atoms with Gasteiger partial charge in [0.25, 0.3) is 0 Å². The van der Waals surface area contributed by atoms with Crippen molar-refractivity contribution in [3.8, 4) is 0 Å². The van der Waals surface area contributed by atoms with Gasteiger partial charge in [0.05, 0.1) is 6.61 Å². The summed E-state index contributed by atoms with van der Waals surface area (Å²) in [6, 6.07) is 0.450. The van der Waals surface area contributed by atoms with Crippen LogP contribution in [0.5, 0.6) is 0 Å². The zero-order chi connectivity index (χ0) is 14.8. The molecule has 3 nitrogen and oxygen atoms in total. The monoisotopic (exact) mass is 282 g/mol. The van der Waals surface area contributed by atoms with Crippen molar-refractivity contribution >= 4 is 0 Å². The first-order valence-electron chi connectivity index (χ1n) is 8.53. The third kappa shape index (κ3) is 3.37. The van der Waals surface area contributed by atoms with Crippen molar-refractivity contribution in [1.29, 1.82) is 0 Å². The van der Waals surface area contributed by atoms with Crippen molar-refractivity contribution in [1.82, 2.24) is 10.2 Å². The van der Waals surface area contributed by atoms with Gasteiger partial charge in [-0.25, -0.2) is 0 Å². The fourth-order valence-electron chi connectivity index (χ4n) is 4.47. The molecule has 0 aromatic heterocycles. The Morgan fingerprint density at radius 2 is 2.00 bits per heavy atom. The largest absolute Gasteiger partial charge is 0.394 e. The zero-order valence-corrected chi connectivity index (χ0v) is 13.9. The Hall–Kier alpha value is -0.120. The predicted molar refractivity (Wildman–Crippen MR) is 84.9 cm³/mol. The van der Waals surface area contributed by atoms with Crippen molar-refractivity contribution < 1.29 is 5.11 Å². The molecule has 0 bridgehead atoms. The molecule has 0 aromatic rings. The summed E-state index contributed by atoms with van der Waals surface area (Å²) in [7, 11) is 0. The van der Waals surface area contributed by atoms with Crippen LogP contribution in [0, 0.1) is 5.92 Å². The van der Waals surface area contributed by atoms with Crippen molar-refractivity contribution in [2.24, 2.45) is 5.92 Å². The maximum absolute atomic E-state index is 9.95. The van der Waals surface area contributed by atoms with Gasteiger partial charge in [-0.3, -0.25) is 4.90 Å². The summed E-state index contributed by atoms with van der Waals surface area (Å²) in [5, 5.41) is 13.6. The molecule has 1 saturated heterocycles. The van der Waals surface area contributed by atoms with Gasteiger partial charge in [0, 0.05) is 17.1 Å². The molecule has 0 aromatic carbocycles. The minimum Gasteiger partial charge on any atom is -0.394 e. The number of aliphatic hydroxyl groups excluding tert-OH is 1. The fraction of sp³-hybridized carbons (Fsp3) is 1.00. The van der Waals surface area contributed by atoms with E-state index in [2.05, 4.69) is 37.9 Å². The van der Waals surface area contributed by atoms with Gasteiger partial charge < -0.3 is 10.4 Å². The molecule has 0 radical (unpaired) electrons. The van der Waals surface area contributed by atoms with E-state index < -0.39 is 0 Å². The summed E-state index contributed by atoms with van der Waals surface area (Å²) in [4.78, 5) is 2.66. The third-order valence-electron chi connectivity index (χ3n) is 5.64. The number of hydrogen-bond donors (Lipinski definition) is 2. The van der Waals surface area contributed by atoms with Crippen LogP contribution in [0.4, 0.5) is 0 Å². The Labute approximate surface area is 125 Å². The molecule has 20 heavy (non-hydrogen) atoms. The Bertz CT molecular complexity index is 316. The molecular weight excluding hydrogens is 248 g/mol. The van der Waals surface area contributed by atoms with Crippen LogP contribution >= 0.6 is 0 Å². The SMILES string of the molecule is CC(C)NC1(CO)CCCC1CCN1CCCC1(C)C. The fourth-order valence-corrected chi connectivity index (χ4v) is 4.47. The standard InChI is InChI=1S/C17H34N2O/c1-14(2)18-17(13-20)10-5-7-15(17)8-12-19-11-6-9-16(19,3)4/h14-15,18,20H,5-13H2,1-4H3. The molecule has 1 aliphatic heterocycles. The van der Waals surface area contributed by atoms with Gasteiger partial charge in [0.15, 0.2) is 0 Å². The molecule has 1 heterocycles. The van der Waals surface area contributed by atoms with E-state index in [9.17, 15) is 5.11 Å². The van der Waals surface area contributed by atoms with Crippen molar-refractivity contribution in [3.05, 3.63) is 0 Å². The third-order valence-corrected chi connectivity index (χ3v) is 5.64. The number of nitrogens with one attached hydrogen (secondary N) is 1. The molecule has 1 aliphatic carbocycles. The quantitative estimate of drug-likeness (QED) is 0.786. The van der Waals surface area contributed by atoms with Crippen LogP contribution in [0.15, 0.2) is 0 Å². The first kappa shape index (κ1) is 16.3. The molecule has 2 unspecified atom stereocenters. The highest BCUT2D eigenvalue weighted by molar-refractivity contribution is 5.00. The van der Waals surface area contributed by atoms with Crippen LogP contribution in [0.3, 0.4) is 0 Å². The molecule has 3 heteroatoms. The topological polar surface area (TPSA) is 35.5 Å². The molecule has 0 spiro atoms. The van der Waals surface area contributed by atoms with Gasteiger partial charge in [-0.15, -0.1) is 0 Å². The molecule has 2 N–H and O–H groups in total. The van der Waals surface area contributed by atoms with E-state index in [4.69, 9.17) is 0 Å². The predicted octanol–water partition coefficient (Wildman–Crippen LogP) is 2.78. The first-order chi connectivity index (χ1) is 9.39. The van der Waals surface area contributed by atoms with Crippen LogP contribution < -0.4 is 5.32 Å². The summed E-state index contributed by atoms with van der Waals surface area (Å²) in [5.74, 6) is 0.631. The molecule has 2 rings (SSSR count). The number of aliphatic hydroxyl groups is 1. The summed E-state index contributed by atoms with van der Waals surface area (Å²) in [5.41, 5.74) is 0.365. The summed E-state index contributed by atoms with van der Waals surface area (Å²) < 4.78 is 0. The molecule has 2 aliphatic rings. The van der Waals surface area contributed by atoms with Crippen LogP contribution in [-0.4, -0.2) is 46.8 Å².